The van der Waals surface area contributed by atoms with Crippen molar-refractivity contribution in [3.8, 4) is 0 Å². The second-order valence-corrected chi connectivity index (χ2v) is 8.68. The average Bonchev–Trinajstić information content (AvgIpc) is 2.37. The molecule has 0 aromatic heterocycles. The molecule has 4 aliphatic rings. The van der Waals surface area contributed by atoms with E-state index in [0.29, 0.717) is 0 Å². The third-order valence-electron chi connectivity index (χ3n) is 7.51. The van der Waals surface area contributed by atoms with Crippen LogP contribution >= 0.6 is 0 Å². The lowest BCUT2D eigenvalue weighted by Gasteiger charge is -2.65. The Bertz CT molecular complexity index is 363. The molecule has 4 saturated carbocycles. The molecule has 2 heteroatoms. The summed E-state index contributed by atoms with van der Waals surface area (Å²) in [5, 5.41) is 0. The normalized spacial score (nSPS) is 42.3. The number of carbonyl (C=O) groups is 1. The molecule has 0 aromatic carbocycles. The van der Waals surface area contributed by atoms with Crippen LogP contribution in [0.2, 0.25) is 0 Å². The van der Waals surface area contributed by atoms with Gasteiger partial charge in [0, 0.05) is 10.8 Å². The molecule has 0 aliphatic heterocycles. The van der Waals surface area contributed by atoms with Crippen LogP contribution in [0.15, 0.2) is 0 Å². The van der Waals surface area contributed by atoms with E-state index in [1.165, 1.54) is 38.5 Å². The van der Waals surface area contributed by atoms with Gasteiger partial charge in [0.15, 0.2) is 0 Å². The van der Waals surface area contributed by atoms with Crippen molar-refractivity contribution in [3.63, 3.8) is 0 Å². The van der Waals surface area contributed by atoms with Gasteiger partial charge in [-0.3, -0.25) is 4.79 Å². The minimum absolute atomic E-state index is 0.0412. The summed E-state index contributed by atoms with van der Waals surface area (Å²) in [6, 6.07) is 0. The summed E-state index contributed by atoms with van der Waals surface area (Å²) in [6.45, 7) is 9.76. The molecule has 0 aromatic rings. The van der Waals surface area contributed by atoms with Crippen molar-refractivity contribution < 1.29 is 9.53 Å². The molecule has 0 spiro atoms. The van der Waals surface area contributed by atoms with E-state index in [-0.39, 0.29) is 16.4 Å². The molecule has 0 amide bonds. The third kappa shape index (κ3) is 1.79. The highest BCUT2D eigenvalue weighted by atomic mass is 16.5. The molecule has 0 heterocycles. The molecule has 114 valence electrons. The summed E-state index contributed by atoms with van der Waals surface area (Å²) in [5.74, 6) is 2.68. The number of carbonyl (C=O) groups excluding carboxylic acids is 1. The van der Waals surface area contributed by atoms with E-state index in [1.54, 1.807) is 0 Å². The van der Waals surface area contributed by atoms with Crippen LogP contribution < -0.4 is 0 Å². The second kappa shape index (κ2) is 4.48. The fourth-order valence-corrected chi connectivity index (χ4v) is 6.13. The third-order valence-corrected chi connectivity index (χ3v) is 7.51. The van der Waals surface area contributed by atoms with E-state index in [9.17, 15) is 4.79 Å². The molecule has 20 heavy (non-hydrogen) atoms. The van der Waals surface area contributed by atoms with Gasteiger partial charge >= 0.3 is 0 Å². The van der Waals surface area contributed by atoms with Crippen molar-refractivity contribution in [3.05, 3.63) is 0 Å². The lowest BCUT2D eigenvalue weighted by Crippen LogP contribution is -2.63. The molecule has 1 unspecified atom stereocenters. The van der Waals surface area contributed by atoms with Gasteiger partial charge in [0.25, 0.3) is 6.47 Å². The minimum Gasteiger partial charge on any atom is -0.460 e. The lowest BCUT2D eigenvalue weighted by atomic mass is 9.42. The molecule has 4 aliphatic carbocycles. The van der Waals surface area contributed by atoms with Crippen molar-refractivity contribution in [2.24, 2.45) is 28.6 Å². The van der Waals surface area contributed by atoms with E-state index in [0.717, 1.165) is 30.6 Å². The fraction of sp³-hybridized carbons (Fsp3) is 0.944. The Morgan fingerprint density at radius 3 is 1.85 bits per heavy atom. The predicted octanol–water partition coefficient (Wildman–Crippen LogP) is 4.57. The van der Waals surface area contributed by atoms with Crippen LogP contribution in [0.1, 0.15) is 72.6 Å². The molecule has 4 rings (SSSR count). The van der Waals surface area contributed by atoms with Crippen molar-refractivity contribution in [2.75, 3.05) is 0 Å². The Balaban J connectivity index is 2.01. The molecule has 4 fully saturated rings. The van der Waals surface area contributed by atoms with Crippen molar-refractivity contribution in [2.45, 2.75) is 78.2 Å². The van der Waals surface area contributed by atoms with Crippen LogP contribution in [0.4, 0.5) is 0 Å². The summed E-state index contributed by atoms with van der Waals surface area (Å²) in [7, 11) is 0. The highest BCUT2D eigenvalue weighted by Gasteiger charge is 2.64. The lowest BCUT2D eigenvalue weighted by molar-refractivity contribution is -0.229. The highest BCUT2D eigenvalue weighted by Crippen LogP contribution is 2.67. The van der Waals surface area contributed by atoms with Crippen molar-refractivity contribution in [1.82, 2.24) is 0 Å². The predicted molar refractivity (Wildman–Crippen MR) is 80.2 cm³/mol. The standard InChI is InChI=1S/C18H30O2/c1-5-16(2,3)17(4,20-12-19)18-9-13-6-14(10-18)8-15(7-13)11-18/h12-15H,5-11H2,1-4H3. The Morgan fingerprint density at radius 2 is 1.50 bits per heavy atom. The molecule has 2 nitrogen and oxygen atoms in total. The van der Waals surface area contributed by atoms with E-state index in [1.807, 2.05) is 0 Å². The molecule has 1 atom stereocenters. The molecular weight excluding hydrogens is 248 g/mol. The van der Waals surface area contributed by atoms with Gasteiger partial charge in [-0.1, -0.05) is 20.8 Å². The van der Waals surface area contributed by atoms with Crippen LogP contribution in [0.3, 0.4) is 0 Å². The molecular formula is C18H30O2. The van der Waals surface area contributed by atoms with Gasteiger partial charge in [0.05, 0.1) is 0 Å². The van der Waals surface area contributed by atoms with Crippen LogP contribution in [0, 0.1) is 28.6 Å². The van der Waals surface area contributed by atoms with Gasteiger partial charge in [-0.25, -0.2) is 0 Å². The van der Waals surface area contributed by atoms with E-state index >= 15 is 0 Å². The van der Waals surface area contributed by atoms with Crippen molar-refractivity contribution in [1.29, 1.82) is 0 Å². The Morgan fingerprint density at radius 1 is 1.05 bits per heavy atom. The Labute approximate surface area is 123 Å². The fourth-order valence-electron chi connectivity index (χ4n) is 6.13. The van der Waals surface area contributed by atoms with Gasteiger partial charge in [0.2, 0.25) is 0 Å². The largest absolute Gasteiger partial charge is 0.460 e. The topological polar surface area (TPSA) is 26.3 Å². The Hall–Kier alpha value is -0.530. The number of ether oxygens (including phenoxy) is 1. The monoisotopic (exact) mass is 278 g/mol. The first-order chi connectivity index (χ1) is 9.36. The summed E-state index contributed by atoms with van der Waals surface area (Å²) in [5.41, 5.74) is -0.0335. The van der Waals surface area contributed by atoms with Crippen LogP contribution in [0.5, 0.6) is 0 Å². The maximum absolute atomic E-state index is 11.3. The van der Waals surface area contributed by atoms with Crippen molar-refractivity contribution >= 4 is 6.47 Å². The molecule has 0 radical (unpaired) electrons. The minimum atomic E-state index is -0.313. The average molecular weight is 278 g/mol. The maximum atomic E-state index is 11.3. The van der Waals surface area contributed by atoms with E-state index < -0.39 is 0 Å². The zero-order valence-electron chi connectivity index (χ0n) is 13.6. The SMILES string of the molecule is CCC(C)(C)C(C)(OC=O)C12CC3CC(CC(C3)C1)C2. The zero-order chi connectivity index (χ0) is 14.6. The number of hydrogen-bond acceptors (Lipinski definition) is 2. The zero-order valence-corrected chi connectivity index (χ0v) is 13.6. The summed E-state index contributed by atoms with van der Waals surface area (Å²) >= 11 is 0. The molecule has 0 saturated heterocycles. The van der Waals surface area contributed by atoms with Gasteiger partial charge in [-0.2, -0.15) is 0 Å². The smallest absolute Gasteiger partial charge is 0.293 e. The second-order valence-electron chi connectivity index (χ2n) is 8.68. The Kier molecular flexibility index (Phi) is 3.23. The van der Waals surface area contributed by atoms with Gasteiger partial charge < -0.3 is 4.74 Å². The summed E-state index contributed by atoms with van der Waals surface area (Å²) < 4.78 is 5.89. The molecule has 0 N–H and O–H groups in total. The summed E-state index contributed by atoms with van der Waals surface area (Å²) in [4.78, 5) is 11.3. The quantitative estimate of drug-likeness (QED) is 0.689. The molecule has 4 bridgehead atoms. The van der Waals surface area contributed by atoms with E-state index in [4.69, 9.17) is 4.74 Å². The van der Waals surface area contributed by atoms with Gasteiger partial charge in [-0.05, 0) is 69.6 Å². The van der Waals surface area contributed by atoms with Crippen LogP contribution in [0.25, 0.3) is 0 Å². The van der Waals surface area contributed by atoms with E-state index in [2.05, 4.69) is 27.7 Å². The number of hydrogen-bond donors (Lipinski definition) is 0. The maximum Gasteiger partial charge on any atom is 0.293 e. The van der Waals surface area contributed by atoms with Crippen LogP contribution in [-0.4, -0.2) is 12.1 Å². The first-order valence-electron chi connectivity index (χ1n) is 8.47. The summed E-state index contributed by atoms with van der Waals surface area (Å²) in [6.07, 6.45) is 9.21. The highest BCUT2D eigenvalue weighted by molar-refractivity contribution is 5.39. The van der Waals surface area contributed by atoms with Crippen LogP contribution in [-0.2, 0) is 9.53 Å². The van der Waals surface area contributed by atoms with Gasteiger partial charge in [-0.15, -0.1) is 0 Å². The van der Waals surface area contributed by atoms with Gasteiger partial charge in [0.1, 0.15) is 5.60 Å². The first-order valence-corrected chi connectivity index (χ1v) is 8.47. The number of rotatable bonds is 5. The first kappa shape index (κ1) is 14.4.